The van der Waals surface area contributed by atoms with Gasteiger partial charge in [-0.1, -0.05) is 0 Å². The highest BCUT2D eigenvalue weighted by Gasteiger charge is 2.29. The van der Waals surface area contributed by atoms with Crippen LogP contribution in [0.25, 0.3) is 0 Å². The fourth-order valence-corrected chi connectivity index (χ4v) is 4.13. The monoisotopic (exact) mass is 470 g/mol. The van der Waals surface area contributed by atoms with Crippen LogP contribution < -0.4 is 15.4 Å². The van der Waals surface area contributed by atoms with Crippen LogP contribution in [-0.2, 0) is 24.3 Å². The van der Waals surface area contributed by atoms with Gasteiger partial charge in [0.25, 0.3) is 0 Å². The molecule has 13 heteroatoms. The number of nitrogens with one attached hydrogen (secondary N) is 3. The molecule has 0 aliphatic carbocycles. The van der Waals surface area contributed by atoms with E-state index in [1.54, 1.807) is 20.8 Å². The molecule has 0 saturated carbocycles. The van der Waals surface area contributed by atoms with E-state index in [0.29, 0.717) is 5.69 Å². The Bertz CT molecular complexity index is 1070. The number of aliphatic carboxylic acids is 1. The summed E-state index contributed by atoms with van der Waals surface area (Å²) < 4.78 is 32.4. The minimum Gasteiger partial charge on any atom is -0.480 e. The van der Waals surface area contributed by atoms with E-state index in [9.17, 15) is 27.9 Å². The average molecular weight is 471 g/mol. The molecule has 2 amide bonds. The first kappa shape index (κ1) is 24.2. The van der Waals surface area contributed by atoms with Crippen molar-refractivity contribution in [2.24, 2.45) is 0 Å². The summed E-state index contributed by atoms with van der Waals surface area (Å²) in [5, 5.41) is 15.7. The van der Waals surface area contributed by atoms with Crippen LogP contribution in [0.4, 0.5) is 15.6 Å². The van der Waals surface area contributed by atoms with Gasteiger partial charge in [-0.3, -0.25) is 14.9 Å². The molecule has 168 valence electrons. The molecule has 0 saturated heterocycles. The lowest BCUT2D eigenvalue weighted by molar-refractivity contribution is -0.139. The molecule has 1 aromatic carbocycles. The van der Waals surface area contributed by atoms with E-state index in [2.05, 4.69) is 20.3 Å². The van der Waals surface area contributed by atoms with Crippen LogP contribution in [0.15, 0.2) is 34.5 Å². The molecule has 1 aromatic heterocycles. The van der Waals surface area contributed by atoms with Crippen LogP contribution in [-0.4, -0.2) is 42.1 Å². The van der Waals surface area contributed by atoms with E-state index < -0.39 is 33.7 Å². The van der Waals surface area contributed by atoms with E-state index in [1.807, 2.05) is 0 Å². The number of aromatic nitrogens is 1. The molecule has 31 heavy (non-hydrogen) atoms. The summed E-state index contributed by atoms with van der Waals surface area (Å²) in [5.74, 6) is -1.80. The van der Waals surface area contributed by atoms with Gasteiger partial charge < -0.3 is 15.2 Å². The lowest BCUT2D eigenvalue weighted by atomic mass is 10.2. The number of nitrogens with zero attached hydrogens (tertiary/aromatic N) is 1. The van der Waals surface area contributed by atoms with Crippen molar-refractivity contribution in [2.75, 3.05) is 10.6 Å². The third-order valence-corrected chi connectivity index (χ3v) is 5.65. The Morgan fingerprint density at radius 2 is 1.74 bits per heavy atom. The molecular formula is C18H22N4O7S2. The SMILES string of the molecule is CC(=O)Nc1ccc(S(=O)(=O)N[C@@H](C(=O)O)c2csc(NC(=O)OC(C)(C)C)n2)cc1. The van der Waals surface area contributed by atoms with Crippen LogP contribution in [0.5, 0.6) is 0 Å². The molecular weight excluding hydrogens is 448 g/mol. The Hall–Kier alpha value is -3.03. The molecule has 0 radical (unpaired) electrons. The van der Waals surface area contributed by atoms with Gasteiger partial charge in [-0.2, -0.15) is 4.72 Å². The summed E-state index contributed by atoms with van der Waals surface area (Å²) in [6.07, 6.45) is -0.778. The summed E-state index contributed by atoms with van der Waals surface area (Å²) >= 11 is 0.918. The van der Waals surface area contributed by atoms with Crippen molar-refractivity contribution in [1.29, 1.82) is 0 Å². The number of hydrogen-bond acceptors (Lipinski definition) is 8. The van der Waals surface area contributed by atoms with Gasteiger partial charge in [-0.05, 0) is 45.0 Å². The second-order valence-corrected chi connectivity index (χ2v) is 9.87. The first-order valence-corrected chi connectivity index (χ1v) is 11.2. The number of anilines is 2. The maximum absolute atomic E-state index is 12.6. The van der Waals surface area contributed by atoms with Crippen molar-refractivity contribution in [3.63, 3.8) is 0 Å². The minimum atomic E-state index is -4.23. The smallest absolute Gasteiger partial charge is 0.413 e. The quantitative estimate of drug-likeness (QED) is 0.479. The van der Waals surface area contributed by atoms with Crippen LogP contribution in [0, 0.1) is 0 Å². The maximum atomic E-state index is 12.6. The molecule has 0 unspecified atom stereocenters. The zero-order valence-electron chi connectivity index (χ0n) is 17.1. The zero-order chi connectivity index (χ0) is 23.4. The summed E-state index contributed by atoms with van der Waals surface area (Å²) in [6.45, 7) is 6.34. The van der Waals surface area contributed by atoms with Gasteiger partial charge in [0.2, 0.25) is 15.9 Å². The van der Waals surface area contributed by atoms with Gasteiger partial charge in [0, 0.05) is 18.0 Å². The van der Waals surface area contributed by atoms with Gasteiger partial charge in [-0.25, -0.2) is 18.2 Å². The van der Waals surface area contributed by atoms with E-state index in [4.69, 9.17) is 4.74 Å². The Kier molecular flexibility index (Phi) is 7.36. The number of carboxylic acids is 1. The number of sulfonamides is 1. The molecule has 2 rings (SSSR count). The largest absolute Gasteiger partial charge is 0.480 e. The van der Waals surface area contributed by atoms with Crippen LogP contribution in [0.2, 0.25) is 0 Å². The molecule has 0 bridgehead atoms. The number of hydrogen-bond donors (Lipinski definition) is 4. The number of rotatable bonds is 7. The van der Waals surface area contributed by atoms with Crippen molar-refractivity contribution < 1.29 is 32.6 Å². The van der Waals surface area contributed by atoms with Crippen molar-refractivity contribution >= 4 is 50.1 Å². The molecule has 2 aromatic rings. The number of ether oxygens (including phenoxy) is 1. The second kappa shape index (κ2) is 9.41. The van der Waals surface area contributed by atoms with Crippen LogP contribution in [0.1, 0.15) is 39.4 Å². The summed E-state index contributed by atoms with van der Waals surface area (Å²) in [6, 6.07) is 3.51. The highest BCUT2D eigenvalue weighted by molar-refractivity contribution is 7.89. The van der Waals surface area contributed by atoms with E-state index in [-0.39, 0.29) is 21.6 Å². The Labute approximate surface area is 182 Å². The number of carbonyl (C=O) groups excluding carboxylic acids is 2. The van der Waals surface area contributed by atoms with Gasteiger partial charge in [0.15, 0.2) is 11.2 Å². The number of amides is 2. The Morgan fingerprint density at radius 3 is 2.26 bits per heavy atom. The number of carbonyl (C=O) groups is 3. The third kappa shape index (κ3) is 7.31. The Balaban J connectivity index is 2.17. The molecule has 0 fully saturated rings. The fraction of sp³-hybridized carbons (Fsp3) is 0.333. The van der Waals surface area contributed by atoms with Crippen molar-refractivity contribution in [1.82, 2.24) is 9.71 Å². The number of thiazole rings is 1. The minimum absolute atomic E-state index is 0.0503. The first-order chi connectivity index (χ1) is 14.3. The van der Waals surface area contributed by atoms with Crippen molar-refractivity contribution in [3.8, 4) is 0 Å². The number of carboxylic acid groups (broad SMARTS) is 1. The zero-order valence-corrected chi connectivity index (χ0v) is 18.8. The highest BCUT2D eigenvalue weighted by Crippen LogP contribution is 2.24. The maximum Gasteiger partial charge on any atom is 0.413 e. The predicted octanol–water partition coefficient (Wildman–Crippen LogP) is 2.55. The normalized spacial score (nSPS) is 12.6. The van der Waals surface area contributed by atoms with Crippen molar-refractivity contribution in [2.45, 2.75) is 44.2 Å². The van der Waals surface area contributed by atoms with Gasteiger partial charge in [-0.15, -0.1) is 11.3 Å². The molecule has 11 nitrogen and oxygen atoms in total. The van der Waals surface area contributed by atoms with Gasteiger partial charge >= 0.3 is 12.1 Å². The summed E-state index contributed by atoms with van der Waals surface area (Å²) in [4.78, 5) is 38.4. The fourth-order valence-electron chi connectivity index (χ4n) is 2.25. The third-order valence-electron chi connectivity index (χ3n) is 3.43. The molecule has 0 aliphatic heterocycles. The highest BCUT2D eigenvalue weighted by atomic mass is 32.2. The summed E-state index contributed by atoms with van der Waals surface area (Å²) in [5.41, 5.74) is -0.459. The summed E-state index contributed by atoms with van der Waals surface area (Å²) in [7, 11) is -4.23. The number of benzene rings is 1. The molecule has 4 N–H and O–H groups in total. The predicted molar refractivity (Wildman–Crippen MR) is 113 cm³/mol. The molecule has 1 heterocycles. The molecule has 0 spiro atoms. The van der Waals surface area contributed by atoms with E-state index in [1.165, 1.54) is 36.6 Å². The average Bonchev–Trinajstić information content (AvgIpc) is 3.05. The lowest BCUT2D eigenvalue weighted by Crippen LogP contribution is -2.34. The molecule has 1 atom stereocenters. The standard InChI is InChI=1S/C18H22N4O7S2/c1-10(23)19-11-5-7-12(8-6-11)31(27,28)22-14(15(24)25)13-9-30-16(20-13)21-17(26)29-18(2,3)4/h5-9,14,22H,1-4H3,(H,19,23)(H,24,25)(H,20,21,26)/t14-/m1/s1. The van der Waals surface area contributed by atoms with Crippen molar-refractivity contribution in [3.05, 3.63) is 35.3 Å². The van der Waals surface area contributed by atoms with Crippen LogP contribution >= 0.6 is 11.3 Å². The Morgan fingerprint density at radius 1 is 1.13 bits per heavy atom. The first-order valence-electron chi connectivity index (χ1n) is 8.85. The van der Waals surface area contributed by atoms with Gasteiger partial charge in [0.1, 0.15) is 5.60 Å². The second-order valence-electron chi connectivity index (χ2n) is 7.30. The van der Waals surface area contributed by atoms with Crippen LogP contribution in [0.3, 0.4) is 0 Å². The lowest BCUT2D eigenvalue weighted by Gasteiger charge is -2.19. The van der Waals surface area contributed by atoms with E-state index >= 15 is 0 Å². The van der Waals surface area contributed by atoms with Gasteiger partial charge in [0.05, 0.1) is 10.6 Å². The van der Waals surface area contributed by atoms with E-state index in [0.717, 1.165) is 11.3 Å². The topological polar surface area (TPSA) is 164 Å². The molecule has 0 aliphatic rings.